The van der Waals surface area contributed by atoms with Gasteiger partial charge in [-0.05, 0) is 11.6 Å². The lowest BCUT2D eigenvalue weighted by molar-refractivity contribution is -0.110. The van der Waals surface area contributed by atoms with Gasteiger partial charge in [0.15, 0.2) is 0 Å². The van der Waals surface area contributed by atoms with Crippen LogP contribution in [0.1, 0.15) is 5.56 Å². The van der Waals surface area contributed by atoms with Gasteiger partial charge in [0.05, 0.1) is 17.6 Å². The molecule has 55 valence electrons. The van der Waals surface area contributed by atoms with E-state index in [0.29, 0.717) is 6.42 Å². The molecule has 11 heavy (non-hydrogen) atoms. The number of hydrogen-bond acceptors (Lipinski definition) is 2. The Labute approximate surface area is 69.1 Å². The van der Waals surface area contributed by atoms with E-state index in [1.54, 1.807) is 0 Å². The zero-order chi connectivity index (χ0) is 7.68. The van der Waals surface area contributed by atoms with E-state index in [9.17, 15) is 4.79 Å². The predicted molar refractivity (Wildman–Crippen MR) is 44.5 cm³/mol. The van der Waals surface area contributed by atoms with Crippen LogP contribution in [-0.4, -0.2) is 5.12 Å². The van der Waals surface area contributed by atoms with Crippen LogP contribution in [0.2, 0.25) is 0 Å². The molecule has 1 heterocycles. The molecule has 0 aromatic heterocycles. The molecule has 3 heteroatoms. The highest BCUT2D eigenvalue weighted by molar-refractivity contribution is 8.12. The molecule has 0 amide bonds. The number of nitrogens with zero attached hydrogens (tertiary/aromatic N) is 1. The van der Waals surface area contributed by atoms with Gasteiger partial charge in [-0.2, -0.15) is 0 Å². The lowest BCUT2D eigenvalue weighted by atomic mass is 10.1. The molecule has 0 saturated heterocycles. The Hall–Kier alpha value is -0.960. The second kappa shape index (κ2) is 2.58. The first-order chi connectivity index (χ1) is 5.36. The third-order valence-corrected chi connectivity index (χ3v) is 2.21. The van der Waals surface area contributed by atoms with Crippen molar-refractivity contribution in [3.05, 3.63) is 29.8 Å². The van der Waals surface area contributed by atoms with Crippen molar-refractivity contribution in [2.75, 3.05) is 0 Å². The molecule has 2 rings (SSSR count). The molecule has 1 radical (unpaired) electrons. The summed E-state index contributed by atoms with van der Waals surface area (Å²) in [5.74, 6) is 0. The first-order valence-corrected chi connectivity index (χ1v) is 4.12. The highest BCUT2D eigenvalue weighted by Gasteiger charge is 2.15. The van der Waals surface area contributed by atoms with Crippen molar-refractivity contribution in [1.82, 2.24) is 4.72 Å². The molecule has 0 atom stereocenters. The van der Waals surface area contributed by atoms with E-state index < -0.39 is 0 Å². The first kappa shape index (κ1) is 6.73. The van der Waals surface area contributed by atoms with E-state index >= 15 is 0 Å². The zero-order valence-electron chi connectivity index (χ0n) is 5.78. The fourth-order valence-electron chi connectivity index (χ4n) is 1.04. The van der Waals surface area contributed by atoms with Gasteiger partial charge in [-0.3, -0.25) is 4.79 Å². The maximum absolute atomic E-state index is 10.9. The van der Waals surface area contributed by atoms with E-state index in [1.807, 2.05) is 24.3 Å². The van der Waals surface area contributed by atoms with Crippen molar-refractivity contribution < 1.29 is 4.79 Å². The lowest BCUT2D eigenvalue weighted by Crippen LogP contribution is -2.08. The van der Waals surface area contributed by atoms with Crippen LogP contribution in [0.25, 0.3) is 0 Å². The normalized spacial score (nSPS) is 15.5. The lowest BCUT2D eigenvalue weighted by Gasteiger charge is -2.11. The first-order valence-electron chi connectivity index (χ1n) is 3.35. The summed E-state index contributed by atoms with van der Waals surface area (Å²) in [6.45, 7) is 0. The van der Waals surface area contributed by atoms with E-state index in [0.717, 1.165) is 23.2 Å². The predicted octanol–water partition coefficient (Wildman–Crippen LogP) is 1.65. The highest BCUT2D eigenvalue weighted by atomic mass is 32.2. The van der Waals surface area contributed by atoms with Gasteiger partial charge in [-0.25, -0.2) is 4.72 Å². The average Bonchev–Trinajstić information content (AvgIpc) is 2.04. The minimum Gasteiger partial charge on any atom is -0.285 e. The van der Waals surface area contributed by atoms with Gasteiger partial charge in [0.2, 0.25) is 5.12 Å². The van der Waals surface area contributed by atoms with Gasteiger partial charge in [0, 0.05) is 6.42 Å². The van der Waals surface area contributed by atoms with Crippen molar-refractivity contribution in [2.24, 2.45) is 0 Å². The Balaban J connectivity index is 2.41. The van der Waals surface area contributed by atoms with Gasteiger partial charge >= 0.3 is 0 Å². The van der Waals surface area contributed by atoms with Crippen LogP contribution in [0.4, 0.5) is 5.69 Å². The number of hydrogen-bond donors (Lipinski definition) is 0. The summed E-state index contributed by atoms with van der Waals surface area (Å²) in [5, 5.41) is 0.128. The average molecular weight is 164 g/mol. The van der Waals surface area contributed by atoms with Crippen LogP contribution in [0.5, 0.6) is 0 Å². The van der Waals surface area contributed by atoms with Crippen LogP contribution in [0.3, 0.4) is 0 Å². The quantitative estimate of drug-likeness (QED) is 0.546. The highest BCUT2D eigenvalue weighted by Crippen LogP contribution is 2.26. The summed E-state index contributed by atoms with van der Waals surface area (Å²) in [7, 11) is 0. The number of carbonyl (C=O) groups is 1. The van der Waals surface area contributed by atoms with Gasteiger partial charge in [-0.15, -0.1) is 0 Å². The molecule has 0 aliphatic carbocycles. The monoisotopic (exact) mass is 164 g/mol. The van der Waals surface area contributed by atoms with Crippen molar-refractivity contribution in [2.45, 2.75) is 6.42 Å². The molecule has 1 aromatic rings. The Kier molecular flexibility index (Phi) is 1.58. The molecule has 0 fully saturated rings. The number of benzene rings is 1. The van der Waals surface area contributed by atoms with Crippen LogP contribution in [0, 0.1) is 0 Å². The topological polar surface area (TPSA) is 31.2 Å². The molecule has 1 aromatic carbocycles. The van der Waals surface area contributed by atoms with Gasteiger partial charge in [0.1, 0.15) is 0 Å². The Morgan fingerprint density at radius 1 is 1.36 bits per heavy atom. The molecule has 2 nitrogen and oxygen atoms in total. The van der Waals surface area contributed by atoms with Gasteiger partial charge in [0.25, 0.3) is 0 Å². The smallest absolute Gasteiger partial charge is 0.215 e. The zero-order valence-corrected chi connectivity index (χ0v) is 6.60. The minimum atomic E-state index is 0.128. The van der Waals surface area contributed by atoms with Crippen molar-refractivity contribution in [1.29, 1.82) is 0 Å². The Bertz CT molecular complexity index is 298. The van der Waals surface area contributed by atoms with Crippen molar-refractivity contribution in [3.8, 4) is 0 Å². The molecule has 0 unspecified atom stereocenters. The van der Waals surface area contributed by atoms with Gasteiger partial charge < -0.3 is 0 Å². The molecule has 0 bridgehead atoms. The van der Waals surface area contributed by atoms with E-state index in [-0.39, 0.29) is 5.12 Å². The Morgan fingerprint density at radius 3 is 3.09 bits per heavy atom. The summed E-state index contributed by atoms with van der Waals surface area (Å²) in [5.41, 5.74) is 1.98. The van der Waals surface area contributed by atoms with E-state index in [2.05, 4.69) is 4.72 Å². The third-order valence-electron chi connectivity index (χ3n) is 1.57. The SMILES string of the molecule is O=C1Cc2ccccc2[N]S1. The summed E-state index contributed by atoms with van der Waals surface area (Å²) < 4.78 is 4.04. The molecular formula is C8H6NOS. The molecule has 0 saturated carbocycles. The number of rotatable bonds is 0. The van der Waals surface area contributed by atoms with Crippen LogP contribution in [0.15, 0.2) is 24.3 Å². The van der Waals surface area contributed by atoms with E-state index in [4.69, 9.17) is 0 Å². The maximum atomic E-state index is 10.9. The number of fused-ring (bicyclic) bond motifs is 1. The van der Waals surface area contributed by atoms with Crippen LogP contribution < -0.4 is 4.72 Å². The van der Waals surface area contributed by atoms with Crippen LogP contribution >= 0.6 is 11.9 Å². The third kappa shape index (κ3) is 1.24. The Morgan fingerprint density at radius 2 is 2.18 bits per heavy atom. The van der Waals surface area contributed by atoms with Crippen molar-refractivity contribution >= 4 is 22.8 Å². The molecule has 1 aliphatic heterocycles. The molecule has 0 N–H and O–H groups in total. The van der Waals surface area contributed by atoms with Crippen molar-refractivity contribution in [3.63, 3.8) is 0 Å². The second-order valence-electron chi connectivity index (χ2n) is 2.36. The number of carbonyl (C=O) groups excluding carboxylic acids is 1. The fraction of sp³-hybridized carbons (Fsp3) is 0.125. The maximum Gasteiger partial charge on any atom is 0.215 e. The second-order valence-corrected chi connectivity index (χ2v) is 3.18. The standard InChI is InChI=1S/C8H6NOS/c10-8-5-6-3-1-2-4-7(6)9-11-8/h1-4H,5H2. The summed E-state index contributed by atoms with van der Waals surface area (Å²) in [4.78, 5) is 10.9. The largest absolute Gasteiger partial charge is 0.285 e. The van der Waals surface area contributed by atoms with E-state index in [1.165, 1.54) is 0 Å². The summed E-state index contributed by atoms with van der Waals surface area (Å²) in [6.07, 6.45) is 0.518. The fourth-order valence-corrected chi connectivity index (χ4v) is 1.64. The van der Waals surface area contributed by atoms with Gasteiger partial charge in [-0.1, -0.05) is 18.2 Å². The summed E-state index contributed by atoms with van der Waals surface area (Å²) >= 11 is 1.05. The van der Waals surface area contributed by atoms with Crippen LogP contribution in [-0.2, 0) is 11.2 Å². The minimum absolute atomic E-state index is 0.128. The summed E-state index contributed by atoms with van der Waals surface area (Å²) in [6, 6.07) is 7.72. The molecular weight excluding hydrogens is 158 g/mol. The molecule has 0 spiro atoms. The molecule has 1 aliphatic rings.